The smallest absolute Gasteiger partial charge is 0.411 e. The largest absolute Gasteiger partial charge is 0.481 e. The number of piperazine rings is 1. The maximum absolute atomic E-state index is 13.2. The Kier molecular flexibility index (Phi) is 12.2. The molecule has 0 radical (unpaired) electrons. The number of carboxylic acid groups (broad SMARTS) is 2. The van der Waals surface area contributed by atoms with Crippen molar-refractivity contribution in [3.05, 3.63) is 114 Å². The number of ether oxygens (including phenoxy) is 1. The van der Waals surface area contributed by atoms with Crippen LogP contribution < -0.4 is 10.6 Å². The van der Waals surface area contributed by atoms with Gasteiger partial charge in [-0.25, -0.2) is 14.4 Å². The van der Waals surface area contributed by atoms with Crippen molar-refractivity contribution < 1.29 is 38.9 Å². The maximum Gasteiger partial charge on any atom is 0.411 e. The number of benzene rings is 3. The van der Waals surface area contributed by atoms with Crippen LogP contribution in [0.25, 0.3) is 6.08 Å². The summed E-state index contributed by atoms with van der Waals surface area (Å²) in [6.45, 7) is 4.15. The van der Waals surface area contributed by atoms with Crippen LogP contribution in [0.2, 0.25) is 0 Å². The van der Waals surface area contributed by atoms with Crippen LogP contribution in [0.4, 0.5) is 9.59 Å². The van der Waals surface area contributed by atoms with Crippen LogP contribution in [0.5, 0.6) is 0 Å². The molecule has 0 unspecified atom stereocenters. The number of carboxylic acids is 2. The third kappa shape index (κ3) is 8.85. The van der Waals surface area contributed by atoms with E-state index in [9.17, 15) is 34.2 Å². The van der Waals surface area contributed by atoms with Gasteiger partial charge in [-0.3, -0.25) is 14.5 Å². The lowest BCUT2D eigenvalue weighted by atomic mass is 9.87. The van der Waals surface area contributed by atoms with E-state index in [2.05, 4.69) is 22.8 Å². The van der Waals surface area contributed by atoms with Gasteiger partial charge in [0.2, 0.25) is 5.91 Å². The Hall–Kier alpha value is -5.69. The minimum Gasteiger partial charge on any atom is -0.481 e. The Morgan fingerprint density at radius 3 is 2.14 bits per heavy atom. The lowest BCUT2D eigenvalue weighted by molar-refractivity contribution is -0.170. The topological polar surface area (TPSA) is 169 Å². The SMILES string of the molecule is O=C(NCCc1ccccc1)N1CCNCC1.O=C(O)C[C@@H](C(=O)O)N1C(=O)[C@@H](N2C(=O)OC[C@@H]2c2ccccc2)[C@@H]1C=Cc1ccccc1. The van der Waals surface area contributed by atoms with Crippen molar-refractivity contribution in [3.8, 4) is 0 Å². The number of hydrogen-bond donors (Lipinski definition) is 4. The molecule has 4 amide bonds. The molecule has 3 aromatic rings. The number of hydrogen-bond acceptors (Lipinski definition) is 7. The second-order valence-corrected chi connectivity index (χ2v) is 12.0. The number of β-lactam (4-membered cyclic amide) rings is 1. The van der Waals surface area contributed by atoms with Gasteiger partial charge in [-0.05, 0) is 23.1 Å². The van der Waals surface area contributed by atoms with Crippen molar-refractivity contribution in [2.24, 2.45) is 0 Å². The number of cyclic esters (lactones) is 1. The summed E-state index contributed by atoms with van der Waals surface area (Å²) < 4.78 is 5.24. The number of rotatable bonds is 11. The monoisotopic (exact) mass is 683 g/mol. The predicted octanol–water partition coefficient (Wildman–Crippen LogP) is 3.24. The average Bonchev–Trinajstić information content (AvgIpc) is 3.51. The Morgan fingerprint density at radius 1 is 0.900 bits per heavy atom. The minimum atomic E-state index is -1.56. The van der Waals surface area contributed by atoms with E-state index in [0.717, 1.165) is 48.6 Å². The first-order valence-electron chi connectivity index (χ1n) is 16.5. The summed E-state index contributed by atoms with van der Waals surface area (Å²) in [5.74, 6) is -3.40. The maximum atomic E-state index is 13.2. The third-order valence-electron chi connectivity index (χ3n) is 8.76. The molecule has 3 aliphatic heterocycles. The Labute approximate surface area is 290 Å². The van der Waals surface area contributed by atoms with Gasteiger partial charge in [0.15, 0.2) is 0 Å². The molecule has 3 fully saturated rings. The average molecular weight is 684 g/mol. The van der Waals surface area contributed by atoms with Crippen LogP contribution in [0.15, 0.2) is 97.1 Å². The van der Waals surface area contributed by atoms with Gasteiger partial charge in [-0.1, -0.05) is 103 Å². The van der Waals surface area contributed by atoms with Crippen molar-refractivity contribution in [2.75, 3.05) is 39.3 Å². The van der Waals surface area contributed by atoms with Crippen LogP contribution in [0, 0.1) is 0 Å². The fourth-order valence-corrected chi connectivity index (χ4v) is 6.21. The Balaban J connectivity index is 0.000000240. The summed E-state index contributed by atoms with van der Waals surface area (Å²) in [6, 6.07) is 24.6. The molecule has 0 spiro atoms. The van der Waals surface area contributed by atoms with E-state index in [4.69, 9.17) is 4.74 Å². The summed E-state index contributed by atoms with van der Waals surface area (Å²) in [6.07, 6.45) is 2.81. The normalized spacial score (nSPS) is 20.7. The Morgan fingerprint density at radius 2 is 1.52 bits per heavy atom. The van der Waals surface area contributed by atoms with Crippen LogP contribution >= 0.6 is 0 Å². The molecule has 3 aromatic carbocycles. The van der Waals surface area contributed by atoms with Gasteiger partial charge in [0.05, 0.1) is 18.5 Å². The number of carbonyl (C=O) groups is 5. The number of amides is 4. The zero-order chi connectivity index (χ0) is 35.5. The molecule has 13 nitrogen and oxygen atoms in total. The van der Waals surface area contributed by atoms with E-state index in [1.54, 1.807) is 12.2 Å². The number of carbonyl (C=O) groups excluding carboxylic acids is 3. The summed E-state index contributed by atoms with van der Waals surface area (Å²) in [4.78, 5) is 64.9. The van der Waals surface area contributed by atoms with Gasteiger partial charge >= 0.3 is 24.1 Å². The van der Waals surface area contributed by atoms with Gasteiger partial charge in [-0.2, -0.15) is 0 Å². The van der Waals surface area contributed by atoms with Crippen molar-refractivity contribution >= 4 is 36.0 Å². The number of aliphatic carboxylic acids is 2. The van der Waals surface area contributed by atoms with Crippen LogP contribution in [-0.4, -0.2) is 112 Å². The van der Waals surface area contributed by atoms with Crippen LogP contribution in [-0.2, 0) is 25.5 Å². The molecule has 0 aromatic heterocycles. The first kappa shape index (κ1) is 35.6. The molecule has 3 aliphatic rings. The van der Waals surface area contributed by atoms with E-state index in [1.807, 2.05) is 83.8 Å². The molecule has 6 rings (SSSR count). The molecular weight excluding hydrogens is 642 g/mol. The second-order valence-electron chi connectivity index (χ2n) is 12.0. The van der Waals surface area contributed by atoms with E-state index in [0.29, 0.717) is 6.54 Å². The number of urea groups is 1. The van der Waals surface area contributed by atoms with E-state index in [-0.39, 0.29) is 12.6 Å². The molecule has 4 N–H and O–H groups in total. The van der Waals surface area contributed by atoms with Gasteiger partial charge in [0.1, 0.15) is 18.7 Å². The van der Waals surface area contributed by atoms with E-state index >= 15 is 0 Å². The quantitative estimate of drug-likeness (QED) is 0.222. The Bertz CT molecular complexity index is 1650. The van der Waals surface area contributed by atoms with Gasteiger partial charge in [0, 0.05) is 32.7 Å². The highest BCUT2D eigenvalue weighted by Gasteiger charge is 2.58. The molecule has 13 heteroatoms. The highest BCUT2D eigenvalue weighted by atomic mass is 16.6. The molecule has 0 saturated carbocycles. The summed E-state index contributed by atoms with van der Waals surface area (Å²) >= 11 is 0. The first-order chi connectivity index (χ1) is 24.2. The molecule has 3 heterocycles. The highest BCUT2D eigenvalue weighted by Crippen LogP contribution is 2.38. The summed E-state index contributed by atoms with van der Waals surface area (Å²) in [5.41, 5.74) is 2.85. The molecule has 3 saturated heterocycles. The van der Waals surface area contributed by atoms with E-state index < -0.39 is 54.5 Å². The second kappa shape index (κ2) is 17.1. The summed E-state index contributed by atoms with van der Waals surface area (Å²) in [7, 11) is 0. The van der Waals surface area contributed by atoms with Crippen LogP contribution in [0.1, 0.15) is 29.2 Å². The number of nitrogens with zero attached hydrogens (tertiary/aromatic N) is 3. The fraction of sp³-hybridized carbons (Fsp3) is 0.324. The van der Waals surface area contributed by atoms with Crippen molar-refractivity contribution in [1.29, 1.82) is 0 Å². The predicted molar refractivity (Wildman–Crippen MR) is 184 cm³/mol. The number of likely N-dealkylation sites (tertiary alicyclic amines) is 1. The fourth-order valence-electron chi connectivity index (χ4n) is 6.21. The standard InChI is InChI=1S/C24H22N2O7.C13H19N3O/c27-20(28)13-18(23(30)31)25-17(12-11-15-7-3-1-4-8-15)21(22(25)29)26-19(14-33-24(26)32)16-9-5-2-6-10-16;17-13(16-10-8-14-9-11-16)15-7-6-12-4-2-1-3-5-12/h1-12,17-19,21H,13-14H2,(H,27,28)(H,30,31);1-5,14H,6-11H2,(H,15,17)/t17-,18-,19+,21-;/m0./s1. The first-order valence-corrected chi connectivity index (χ1v) is 16.5. The third-order valence-corrected chi connectivity index (χ3v) is 8.76. The zero-order valence-corrected chi connectivity index (χ0v) is 27.5. The molecule has 0 bridgehead atoms. The summed E-state index contributed by atoms with van der Waals surface area (Å²) in [5, 5.41) is 25.0. The van der Waals surface area contributed by atoms with Gasteiger partial charge < -0.3 is 35.4 Å². The zero-order valence-electron chi connectivity index (χ0n) is 27.5. The molecular formula is C37H41N5O8. The van der Waals surface area contributed by atoms with Crippen molar-refractivity contribution in [2.45, 2.75) is 37.0 Å². The molecule has 50 heavy (non-hydrogen) atoms. The van der Waals surface area contributed by atoms with Crippen LogP contribution in [0.3, 0.4) is 0 Å². The molecule has 262 valence electrons. The van der Waals surface area contributed by atoms with Gasteiger partial charge in [-0.15, -0.1) is 0 Å². The van der Waals surface area contributed by atoms with Gasteiger partial charge in [0.25, 0.3) is 0 Å². The van der Waals surface area contributed by atoms with Crippen molar-refractivity contribution in [3.63, 3.8) is 0 Å². The number of nitrogens with one attached hydrogen (secondary N) is 2. The van der Waals surface area contributed by atoms with E-state index in [1.165, 1.54) is 10.5 Å². The van der Waals surface area contributed by atoms with Crippen molar-refractivity contribution in [1.82, 2.24) is 25.3 Å². The highest BCUT2D eigenvalue weighted by molar-refractivity contribution is 5.97. The molecule has 0 aliphatic carbocycles. The molecule has 4 atom stereocenters. The lowest BCUT2D eigenvalue weighted by Crippen LogP contribution is -2.73. The lowest BCUT2D eigenvalue weighted by Gasteiger charge is -2.51. The minimum absolute atomic E-state index is 0.0548.